The Hall–Kier alpha value is 0.651. The molecule has 0 aliphatic carbocycles. The second-order valence-corrected chi connectivity index (χ2v) is 25.7. The highest BCUT2D eigenvalue weighted by Gasteiger charge is 1.94. The van der Waals surface area contributed by atoms with E-state index in [2.05, 4.69) is 6.92 Å². The van der Waals surface area contributed by atoms with Crippen LogP contribution >= 0.6 is 0 Å². The Morgan fingerprint density at radius 3 is 2.10 bits per heavy atom. The van der Waals surface area contributed by atoms with Crippen molar-refractivity contribution < 1.29 is 0 Å². The molecular formula is C7H22Si3. The van der Waals surface area contributed by atoms with Crippen molar-refractivity contribution in [1.29, 1.82) is 0 Å². The van der Waals surface area contributed by atoms with E-state index in [-0.39, 0.29) is 7.83 Å². The van der Waals surface area contributed by atoms with Crippen molar-refractivity contribution >= 4 is 27.4 Å². The fourth-order valence-corrected chi connectivity index (χ4v) is 4.71. The molecule has 0 aromatic heterocycles. The van der Waals surface area contributed by atoms with Gasteiger partial charge in [0.15, 0.2) is 0 Å². The summed E-state index contributed by atoms with van der Waals surface area (Å²) >= 11 is 0. The molecule has 0 nitrogen and oxygen atoms in total. The number of rotatable bonds is 6. The summed E-state index contributed by atoms with van der Waals surface area (Å²) in [7, 11) is 3.23. The third-order valence-electron chi connectivity index (χ3n) is 1.89. The zero-order chi connectivity index (χ0) is 7.82. The molecule has 0 aliphatic heterocycles. The Morgan fingerprint density at radius 1 is 1.00 bits per heavy atom. The van der Waals surface area contributed by atoms with Crippen molar-refractivity contribution in [2.24, 2.45) is 0 Å². The van der Waals surface area contributed by atoms with Gasteiger partial charge in [-0.1, -0.05) is 45.1 Å². The predicted octanol–water partition coefficient (Wildman–Crippen LogP) is -0.0919. The largest absolute Gasteiger partial charge is 0.0654 e. The van der Waals surface area contributed by atoms with Crippen LogP contribution < -0.4 is 0 Å². The van der Waals surface area contributed by atoms with Gasteiger partial charge in [0.05, 0.1) is 0 Å². The van der Waals surface area contributed by atoms with Crippen molar-refractivity contribution in [3.8, 4) is 0 Å². The maximum Gasteiger partial charge on any atom is 0.00529 e. The van der Waals surface area contributed by atoms with Crippen molar-refractivity contribution in [1.82, 2.24) is 0 Å². The van der Waals surface area contributed by atoms with Crippen molar-refractivity contribution in [3.63, 3.8) is 0 Å². The lowest BCUT2D eigenvalue weighted by Crippen LogP contribution is -2.11. The van der Waals surface area contributed by atoms with Crippen LogP contribution in [0, 0.1) is 0 Å². The molecule has 0 radical (unpaired) electrons. The van der Waals surface area contributed by atoms with Gasteiger partial charge in [0.25, 0.3) is 0 Å². The first-order chi connectivity index (χ1) is 4.77. The Labute approximate surface area is 72.8 Å². The summed E-state index contributed by atoms with van der Waals surface area (Å²) in [6.07, 6.45) is 7.46. The average molecular weight is 191 g/mol. The van der Waals surface area contributed by atoms with Gasteiger partial charge in [-0.15, -0.1) is 0 Å². The molecule has 0 amide bonds. The molecule has 0 saturated heterocycles. The first kappa shape index (κ1) is 10.7. The topological polar surface area (TPSA) is 0 Å². The van der Waals surface area contributed by atoms with Crippen molar-refractivity contribution in [2.45, 2.75) is 45.1 Å². The highest BCUT2D eigenvalue weighted by atomic mass is 29.5. The van der Waals surface area contributed by atoms with E-state index >= 15 is 0 Å². The van der Waals surface area contributed by atoms with Crippen molar-refractivity contribution in [3.05, 3.63) is 0 Å². The molecule has 0 spiro atoms. The summed E-state index contributed by atoms with van der Waals surface area (Å²) in [5, 5.41) is 0. The SMILES string of the molecule is CCCCCCC[SiH]([SiH3])[SiH3]. The average Bonchev–Trinajstić information content (AvgIpc) is 1.87. The van der Waals surface area contributed by atoms with Gasteiger partial charge >= 0.3 is 0 Å². The van der Waals surface area contributed by atoms with E-state index in [0.29, 0.717) is 0 Å². The lowest BCUT2D eigenvalue weighted by molar-refractivity contribution is 0.655. The monoisotopic (exact) mass is 190 g/mol. The van der Waals surface area contributed by atoms with Crippen LogP contribution in [0.5, 0.6) is 0 Å². The zero-order valence-electron chi connectivity index (χ0n) is 7.82. The lowest BCUT2D eigenvalue weighted by atomic mass is 10.2. The van der Waals surface area contributed by atoms with Gasteiger partial charge in [-0.3, -0.25) is 0 Å². The quantitative estimate of drug-likeness (QED) is 0.406. The lowest BCUT2D eigenvalue weighted by Gasteiger charge is -2.01. The second kappa shape index (κ2) is 7.75. The van der Waals surface area contributed by atoms with E-state index in [4.69, 9.17) is 0 Å². The van der Waals surface area contributed by atoms with Crippen LogP contribution in [0.15, 0.2) is 0 Å². The minimum atomic E-state index is 0.0557. The van der Waals surface area contributed by atoms with Gasteiger partial charge < -0.3 is 0 Å². The molecule has 0 aliphatic rings. The molecule has 0 saturated carbocycles. The minimum Gasteiger partial charge on any atom is -0.0654 e. The maximum absolute atomic E-state index is 2.29. The summed E-state index contributed by atoms with van der Waals surface area (Å²) < 4.78 is 0. The Morgan fingerprint density at radius 2 is 1.60 bits per heavy atom. The van der Waals surface area contributed by atoms with Gasteiger partial charge in [-0.2, -0.15) is 0 Å². The maximum atomic E-state index is 2.29. The van der Waals surface area contributed by atoms with Crippen LogP contribution in [-0.2, 0) is 0 Å². The highest BCUT2D eigenvalue weighted by molar-refractivity contribution is 7.29. The first-order valence-corrected chi connectivity index (χ1v) is 14.8. The summed E-state index contributed by atoms with van der Waals surface area (Å²) in [5.41, 5.74) is 0. The van der Waals surface area contributed by atoms with Gasteiger partial charge in [0, 0.05) is 7.83 Å². The Kier molecular flexibility index (Phi) is 8.26. The molecule has 3 heteroatoms. The molecule has 0 bridgehead atoms. The van der Waals surface area contributed by atoms with E-state index in [9.17, 15) is 0 Å². The molecule has 0 heterocycles. The third-order valence-corrected chi connectivity index (χ3v) is 6.91. The normalized spacial score (nSPS) is 14.1. The summed E-state index contributed by atoms with van der Waals surface area (Å²) in [6, 6.07) is 1.68. The van der Waals surface area contributed by atoms with Crippen molar-refractivity contribution in [2.75, 3.05) is 0 Å². The summed E-state index contributed by atoms with van der Waals surface area (Å²) in [6.45, 7) is 2.29. The van der Waals surface area contributed by atoms with Crippen LogP contribution in [0.25, 0.3) is 0 Å². The molecule has 0 fully saturated rings. The first-order valence-electron chi connectivity index (χ1n) is 4.77. The number of unbranched alkanes of at least 4 members (excludes halogenated alkanes) is 4. The van der Waals surface area contributed by atoms with Gasteiger partial charge in [-0.25, -0.2) is 0 Å². The summed E-state index contributed by atoms with van der Waals surface area (Å²) in [5.74, 6) is 0. The fourth-order valence-electron chi connectivity index (χ4n) is 1.16. The molecule has 0 aromatic carbocycles. The Balaban J connectivity index is 2.77. The van der Waals surface area contributed by atoms with E-state index < -0.39 is 0 Å². The van der Waals surface area contributed by atoms with Gasteiger partial charge in [-0.05, 0) is 19.5 Å². The van der Waals surface area contributed by atoms with Crippen LogP contribution in [0.1, 0.15) is 39.0 Å². The molecular weight excluding hydrogens is 168 g/mol. The number of hydrogen-bond acceptors (Lipinski definition) is 0. The molecule has 0 unspecified atom stereocenters. The molecule has 10 heavy (non-hydrogen) atoms. The van der Waals surface area contributed by atoms with E-state index in [1.807, 2.05) is 0 Å². The van der Waals surface area contributed by atoms with Crippen LogP contribution in [-0.4, -0.2) is 27.4 Å². The fraction of sp³-hybridized carbons (Fsp3) is 1.00. The molecule has 0 aromatic rings. The third kappa shape index (κ3) is 8.65. The number of hydrogen-bond donors (Lipinski definition) is 0. The zero-order valence-corrected chi connectivity index (χ0v) is 13.0. The van der Waals surface area contributed by atoms with Gasteiger partial charge in [0.1, 0.15) is 0 Å². The van der Waals surface area contributed by atoms with Crippen LogP contribution in [0.3, 0.4) is 0 Å². The van der Waals surface area contributed by atoms with E-state index in [1.165, 1.54) is 25.7 Å². The molecule has 0 atom stereocenters. The summed E-state index contributed by atoms with van der Waals surface area (Å²) in [4.78, 5) is 0. The van der Waals surface area contributed by atoms with Gasteiger partial charge in [0.2, 0.25) is 0 Å². The molecule has 62 valence electrons. The second-order valence-electron chi connectivity index (χ2n) is 3.60. The minimum absolute atomic E-state index is 0.0557. The molecule has 0 rings (SSSR count). The van der Waals surface area contributed by atoms with E-state index in [0.717, 1.165) is 0 Å². The van der Waals surface area contributed by atoms with Crippen LogP contribution in [0.2, 0.25) is 6.04 Å². The predicted molar refractivity (Wildman–Crippen MR) is 60.6 cm³/mol. The van der Waals surface area contributed by atoms with E-state index in [1.54, 1.807) is 32.0 Å². The van der Waals surface area contributed by atoms with Crippen LogP contribution in [0.4, 0.5) is 0 Å². The molecule has 0 N–H and O–H groups in total. The Bertz CT molecular complexity index is 63.9. The highest BCUT2D eigenvalue weighted by Crippen LogP contribution is 2.05. The smallest absolute Gasteiger partial charge is 0.00529 e. The standard InChI is InChI=1S/C7H22Si3/c1-2-3-4-5-6-7-10(8)9/h10H,2-7H2,1,8-9H3.